The Morgan fingerprint density at radius 1 is 1.47 bits per heavy atom. The van der Waals surface area contributed by atoms with Crippen molar-refractivity contribution in [1.29, 1.82) is 0 Å². The molecule has 1 aromatic carbocycles. The van der Waals surface area contributed by atoms with Gasteiger partial charge in [0.05, 0.1) is 12.8 Å². The summed E-state index contributed by atoms with van der Waals surface area (Å²) in [7, 11) is 1.39. The molecule has 0 saturated carbocycles. The number of fused-ring (bicyclic) bond motifs is 1. The van der Waals surface area contributed by atoms with Gasteiger partial charge in [0.25, 0.3) is 0 Å². The molecule has 0 aromatic heterocycles. The smallest absolute Gasteiger partial charge is 0.418 e. The van der Waals surface area contributed by atoms with E-state index in [9.17, 15) is 4.79 Å². The Balaban J connectivity index is 2.45. The quantitative estimate of drug-likeness (QED) is 0.648. The van der Waals surface area contributed by atoms with Crippen molar-refractivity contribution in [2.75, 3.05) is 12.0 Å². The Morgan fingerprint density at radius 3 is 3.00 bits per heavy atom. The van der Waals surface area contributed by atoms with E-state index in [4.69, 9.17) is 4.74 Å². The van der Waals surface area contributed by atoms with E-state index in [1.54, 1.807) is 6.20 Å². The first kappa shape index (κ1) is 9.77. The highest BCUT2D eigenvalue weighted by atomic mass is 16.5. The number of benzene rings is 1. The number of carbonyl (C=O) groups is 1. The second-order valence-electron chi connectivity index (χ2n) is 3.56. The maximum Gasteiger partial charge on any atom is 0.418 e. The molecule has 0 spiro atoms. The van der Waals surface area contributed by atoms with Crippen LogP contribution in [0.2, 0.25) is 0 Å². The summed E-state index contributed by atoms with van der Waals surface area (Å²) in [6.45, 7) is 2.01. The maximum atomic E-state index is 11.5. The van der Waals surface area contributed by atoms with Crippen molar-refractivity contribution in [3.63, 3.8) is 0 Å². The molecule has 1 aliphatic rings. The molecule has 0 fully saturated rings. The molecule has 1 aromatic rings. The lowest BCUT2D eigenvalue weighted by molar-refractivity contribution is 0.181. The van der Waals surface area contributed by atoms with Crippen molar-refractivity contribution in [3.8, 4) is 0 Å². The van der Waals surface area contributed by atoms with Crippen molar-refractivity contribution in [2.45, 2.75) is 13.3 Å². The lowest BCUT2D eigenvalue weighted by atomic mass is 10.0. The molecule has 0 N–H and O–H groups in total. The van der Waals surface area contributed by atoms with Crippen molar-refractivity contribution >= 4 is 11.8 Å². The van der Waals surface area contributed by atoms with E-state index in [1.807, 2.05) is 31.2 Å². The van der Waals surface area contributed by atoms with Gasteiger partial charge in [-0.3, -0.25) is 4.90 Å². The van der Waals surface area contributed by atoms with Gasteiger partial charge in [-0.25, -0.2) is 4.79 Å². The standard InChI is InChI=1S/C12H13NO2/c1-9-5-6-10-4-3-7-13(11(10)8-9)12(14)15-2/h3,5-8H,4H2,1-2H3. The molecule has 1 heterocycles. The van der Waals surface area contributed by atoms with Crippen LogP contribution in [0.25, 0.3) is 0 Å². The summed E-state index contributed by atoms with van der Waals surface area (Å²) >= 11 is 0. The number of amides is 1. The van der Waals surface area contributed by atoms with Crippen LogP contribution in [0.3, 0.4) is 0 Å². The Bertz CT molecular complexity index is 424. The SMILES string of the molecule is COC(=O)N1C=CCc2ccc(C)cc21. The fraction of sp³-hybridized carbons (Fsp3) is 0.250. The summed E-state index contributed by atoms with van der Waals surface area (Å²) in [5.41, 5.74) is 3.20. The fourth-order valence-electron chi connectivity index (χ4n) is 1.69. The summed E-state index contributed by atoms with van der Waals surface area (Å²) in [6, 6.07) is 6.09. The zero-order valence-corrected chi connectivity index (χ0v) is 8.86. The Kier molecular flexibility index (Phi) is 2.46. The second-order valence-corrected chi connectivity index (χ2v) is 3.56. The molecule has 0 aliphatic carbocycles. The van der Waals surface area contributed by atoms with Crippen LogP contribution in [-0.2, 0) is 11.2 Å². The maximum absolute atomic E-state index is 11.5. The van der Waals surface area contributed by atoms with Crippen molar-refractivity contribution in [2.24, 2.45) is 0 Å². The first-order valence-corrected chi connectivity index (χ1v) is 4.86. The minimum absolute atomic E-state index is 0.349. The Labute approximate surface area is 89.0 Å². The van der Waals surface area contributed by atoms with Gasteiger partial charge in [0.2, 0.25) is 0 Å². The van der Waals surface area contributed by atoms with E-state index >= 15 is 0 Å². The van der Waals surface area contributed by atoms with Crippen LogP contribution in [0.15, 0.2) is 30.5 Å². The first-order valence-electron chi connectivity index (χ1n) is 4.86. The predicted molar refractivity (Wildman–Crippen MR) is 58.9 cm³/mol. The highest BCUT2D eigenvalue weighted by Gasteiger charge is 2.19. The predicted octanol–water partition coefficient (Wildman–Crippen LogP) is 2.64. The topological polar surface area (TPSA) is 29.5 Å². The molecule has 3 nitrogen and oxygen atoms in total. The third-order valence-corrected chi connectivity index (χ3v) is 2.46. The normalized spacial score (nSPS) is 13.6. The third kappa shape index (κ3) is 1.73. The lowest BCUT2D eigenvalue weighted by Gasteiger charge is -2.23. The summed E-state index contributed by atoms with van der Waals surface area (Å²) in [6.07, 6.45) is 4.23. The number of hydrogen-bond donors (Lipinski definition) is 0. The van der Waals surface area contributed by atoms with Crippen LogP contribution in [0, 0.1) is 6.92 Å². The minimum Gasteiger partial charge on any atom is -0.452 e. The van der Waals surface area contributed by atoms with Gasteiger partial charge < -0.3 is 4.74 Å². The summed E-state index contributed by atoms with van der Waals surface area (Å²) < 4.78 is 4.72. The van der Waals surface area contributed by atoms with Crippen molar-refractivity contribution in [3.05, 3.63) is 41.6 Å². The molecule has 0 bridgehead atoms. The Hall–Kier alpha value is -1.77. The van der Waals surface area contributed by atoms with E-state index in [0.29, 0.717) is 0 Å². The number of rotatable bonds is 0. The third-order valence-electron chi connectivity index (χ3n) is 2.46. The number of nitrogens with zero attached hydrogens (tertiary/aromatic N) is 1. The van der Waals surface area contributed by atoms with E-state index in [0.717, 1.165) is 23.2 Å². The van der Waals surface area contributed by atoms with Gasteiger partial charge in [0.1, 0.15) is 0 Å². The fourth-order valence-corrected chi connectivity index (χ4v) is 1.69. The second kappa shape index (κ2) is 3.77. The number of allylic oxidation sites excluding steroid dienone is 1. The highest BCUT2D eigenvalue weighted by molar-refractivity contribution is 5.91. The molecular formula is C12H13NO2. The molecule has 0 unspecified atom stereocenters. The molecule has 1 aliphatic heterocycles. The van der Waals surface area contributed by atoms with Gasteiger partial charge in [-0.05, 0) is 30.5 Å². The van der Waals surface area contributed by atoms with Crippen molar-refractivity contribution < 1.29 is 9.53 Å². The van der Waals surface area contributed by atoms with E-state index in [2.05, 4.69) is 0 Å². The van der Waals surface area contributed by atoms with Gasteiger partial charge in [-0.1, -0.05) is 18.2 Å². The number of aryl methyl sites for hydroxylation is 1. The number of carbonyl (C=O) groups excluding carboxylic acids is 1. The van der Waals surface area contributed by atoms with E-state index in [-0.39, 0.29) is 6.09 Å². The summed E-state index contributed by atoms with van der Waals surface area (Å²) in [4.78, 5) is 13.0. The van der Waals surface area contributed by atoms with Gasteiger partial charge >= 0.3 is 6.09 Å². The molecule has 1 amide bonds. The molecule has 0 radical (unpaired) electrons. The highest BCUT2D eigenvalue weighted by Crippen LogP contribution is 2.27. The molecule has 0 atom stereocenters. The molecule has 2 rings (SSSR count). The number of anilines is 1. The Morgan fingerprint density at radius 2 is 2.27 bits per heavy atom. The summed E-state index contributed by atoms with van der Waals surface area (Å²) in [5.74, 6) is 0. The average molecular weight is 203 g/mol. The monoisotopic (exact) mass is 203 g/mol. The number of hydrogen-bond acceptors (Lipinski definition) is 2. The van der Waals surface area contributed by atoms with Crippen LogP contribution >= 0.6 is 0 Å². The first-order chi connectivity index (χ1) is 7.22. The number of ether oxygens (including phenoxy) is 1. The van der Waals surface area contributed by atoms with E-state index in [1.165, 1.54) is 12.0 Å². The van der Waals surface area contributed by atoms with Gasteiger partial charge in [-0.15, -0.1) is 0 Å². The van der Waals surface area contributed by atoms with Crippen LogP contribution in [0.1, 0.15) is 11.1 Å². The van der Waals surface area contributed by atoms with Crippen molar-refractivity contribution in [1.82, 2.24) is 0 Å². The summed E-state index contributed by atoms with van der Waals surface area (Å²) in [5, 5.41) is 0. The zero-order valence-electron chi connectivity index (χ0n) is 8.86. The molecule has 78 valence electrons. The van der Waals surface area contributed by atoms with Crippen LogP contribution < -0.4 is 4.90 Å². The van der Waals surface area contributed by atoms with Gasteiger partial charge in [0, 0.05) is 6.20 Å². The van der Waals surface area contributed by atoms with Gasteiger partial charge in [-0.2, -0.15) is 0 Å². The number of methoxy groups -OCH3 is 1. The van der Waals surface area contributed by atoms with Crippen LogP contribution in [0.5, 0.6) is 0 Å². The molecular weight excluding hydrogens is 190 g/mol. The minimum atomic E-state index is -0.349. The van der Waals surface area contributed by atoms with Gasteiger partial charge in [0.15, 0.2) is 0 Å². The van der Waals surface area contributed by atoms with E-state index < -0.39 is 0 Å². The molecule has 3 heteroatoms. The zero-order chi connectivity index (χ0) is 10.8. The largest absolute Gasteiger partial charge is 0.452 e. The van der Waals surface area contributed by atoms with Crippen LogP contribution in [-0.4, -0.2) is 13.2 Å². The average Bonchev–Trinajstić information content (AvgIpc) is 2.27. The van der Waals surface area contributed by atoms with Crippen LogP contribution in [0.4, 0.5) is 10.5 Å². The molecule has 15 heavy (non-hydrogen) atoms. The molecule has 0 saturated heterocycles. The lowest BCUT2D eigenvalue weighted by Crippen LogP contribution is -2.27.